The van der Waals surface area contributed by atoms with Gasteiger partial charge in [-0.05, 0) is 53.3 Å². The molecule has 0 N–H and O–H groups in total. The smallest absolute Gasteiger partial charge is 0.225 e. The van der Waals surface area contributed by atoms with Gasteiger partial charge >= 0.3 is 0 Å². The number of para-hydroxylation sites is 3. The van der Waals surface area contributed by atoms with Crippen LogP contribution in [0.3, 0.4) is 0 Å². The number of rotatable bonds is 4. The highest BCUT2D eigenvalue weighted by molar-refractivity contribution is 5.95. The van der Waals surface area contributed by atoms with Crippen LogP contribution in [0.1, 0.15) is 61.8 Å². The molecule has 0 atom stereocenters. The Kier molecular flexibility index (Phi) is 5.69. The molecular formula is C32H32N3+. The Morgan fingerprint density at radius 2 is 1.40 bits per heavy atom. The molecule has 0 aliphatic carbocycles. The van der Waals surface area contributed by atoms with Crippen molar-refractivity contribution in [2.45, 2.75) is 46.5 Å². The number of benzene rings is 4. The van der Waals surface area contributed by atoms with Crippen molar-refractivity contribution in [1.82, 2.24) is 4.57 Å². The lowest BCUT2D eigenvalue weighted by Gasteiger charge is -2.19. The van der Waals surface area contributed by atoms with E-state index in [1.807, 2.05) is 12.1 Å². The monoisotopic (exact) mass is 458 g/mol. The maximum absolute atomic E-state index is 10.1. The van der Waals surface area contributed by atoms with E-state index in [0.29, 0.717) is 17.4 Å². The predicted molar refractivity (Wildman–Crippen MR) is 145 cm³/mol. The van der Waals surface area contributed by atoms with Gasteiger partial charge in [-0.2, -0.15) is 9.83 Å². The van der Waals surface area contributed by atoms with Crippen LogP contribution in [-0.2, 0) is 7.05 Å². The summed E-state index contributed by atoms with van der Waals surface area (Å²) in [5.74, 6) is 1.84. The minimum atomic E-state index is 0.371. The van der Waals surface area contributed by atoms with Crippen LogP contribution in [0.5, 0.6) is 0 Å². The maximum Gasteiger partial charge on any atom is 0.295 e. The molecule has 0 spiro atoms. The van der Waals surface area contributed by atoms with E-state index in [1.54, 1.807) is 0 Å². The predicted octanol–water partition coefficient (Wildman–Crippen LogP) is 7.70. The van der Waals surface area contributed by atoms with E-state index >= 15 is 0 Å². The highest BCUT2D eigenvalue weighted by Crippen LogP contribution is 2.38. The number of hydrogen-bond acceptors (Lipinski definition) is 1. The standard InChI is InChI=1S/C32H32N3/c1-20(2)24-14-11-15-25(21(3)4)31(24)35-30-17-10-9-16-29(30)34(6)32(35)28-18-23(19-33)27-13-8-7-12-26(27)22(28)5/h7-18,20-21H,1-6H3/q+1. The van der Waals surface area contributed by atoms with Crippen LogP contribution >= 0.6 is 0 Å². The van der Waals surface area contributed by atoms with E-state index in [1.165, 1.54) is 33.4 Å². The molecule has 0 saturated heterocycles. The lowest BCUT2D eigenvalue weighted by Crippen LogP contribution is -2.30. The number of nitrogens with zero attached hydrogens (tertiary/aromatic N) is 3. The SMILES string of the molecule is Cc1c(-c2n(-c3c(C(C)C)cccc3C(C)C)c3ccccc3[n+]2C)cc(C#N)c2ccccc12. The van der Waals surface area contributed by atoms with Crippen molar-refractivity contribution in [2.75, 3.05) is 0 Å². The molecule has 1 aromatic heterocycles. The fraction of sp³-hybridized carbons (Fsp3) is 0.250. The molecule has 0 unspecified atom stereocenters. The average Bonchev–Trinajstić information content (AvgIpc) is 3.16. The molecule has 0 bridgehead atoms. The summed E-state index contributed by atoms with van der Waals surface area (Å²) in [6.45, 7) is 11.2. The third kappa shape index (κ3) is 3.53. The zero-order chi connectivity index (χ0) is 24.9. The van der Waals surface area contributed by atoms with Gasteiger partial charge in [-0.1, -0.05) is 82.3 Å². The molecule has 0 aliphatic rings. The van der Waals surface area contributed by atoms with E-state index < -0.39 is 0 Å². The first-order chi connectivity index (χ1) is 16.8. The molecule has 174 valence electrons. The first-order valence-corrected chi connectivity index (χ1v) is 12.4. The molecular weight excluding hydrogens is 426 g/mol. The highest BCUT2D eigenvalue weighted by Gasteiger charge is 2.31. The van der Waals surface area contributed by atoms with Crippen molar-refractivity contribution in [1.29, 1.82) is 5.26 Å². The molecule has 0 fully saturated rings. The van der Waals surface area contributed by atoms with E-state index in [0.717, 1.165) is 22.2 Å². The Hall–Kier alpha value is -3.90. The summed E-state index contributed by atoms with van der Waals surface area (Å²) in [7, 11) is 2.14. The second kappa shape index (κ2) is 8.71. The third-order valence-corrected chi connectivity index (χ3v) is 7.25. The number of aromatic nitrogens is 2. The van der Waals surface area contributed by atoms with Crippen molar-refractivity contribution in [3.8, 4) is 23.1 Å². The Morgan fingerprint density at radius 3 is 2.03 bits per heavy atom. The van der Waals surface area contributed by atoms with Gasteiger partial charge in [-0.25, -0.2) is 4.57 Å². The number of hydrogen-bond donors (Lipinski definition) is 0. The first-order valence-electron chi connectivity index (χ1n) is 12.4. The molecule has 0 amide bonds. The quantitative estimate of drug-likeness (QED) is 0.254. The van der Waals surface area contributed by atoms with Crippen LogP contribution in [0, 0.1) is 18.3 Å². The lowest BCUT2D eigenvalue weighted by molar-refractivity contribution is -0.633. The summed E-state index contributed by atoms with van der Waals surface area (Å²) in [4.78, 5) is 0. The van der Waals surface area contributed by atoms with Crippen molar-refractivity contribution in [2.24, 2.45) is 7.05 Å². The normalized spacial score (nSPS) is 11.6. The molecule has 1 heterocycles. The fourth-order valence-corrected chi connectivity index (χ4v) is 5.46. The number of fused-ring (bicyclic) bond motifs is 2. The summed E-state index contributed by atoms with van der Waals surface area (Å²) in [5, 5.41) is 12.2. The van der Waals surface area contributed by atoms with Crippen LogP contribution in [0.15, 0.2) is 72.8 Å². The molecule has 0 radical (unpaired) electrons. The minimum absolute atomic E-state index is 0.371. The topological polar surface area (TPSA) is 32.6 Å². The molecule has 5 rings (SSSR count). The van der Waals surface area contributed by atoms with E-state index in [-0.39, 0.29) is 0 Å². The molecule has 35 heavy (non-hydrogen) atoms. The summed E-state index contributed by atoms with van der Waals surface area (Å²) in [6, 6.07) is 28.1. The zero-order valence-corrected chi connectivity index (χ0v) is 21.4. The Morgan fingerprint density at radius 1 is 0.800 bits per heavy atom. The zero-order valence-electron chi connectivity index (χ0n) is 21.4. The van der Waals surface area contributed by atoms with Gasteiger partial charge in [-0.3, -0.25) is 0 Å². The van der Waals surface area contributed by atoms with Gasteiger partial charge < -0.3 is 0 Å². The van der Waals surface area contributed by atoms with Gasteiger partial charge in [0, 0.05) is 11.1 Å². The van der Waals surface area contributed by atoms with E-state index in [9.17, 15) is 5.26 Å². The maximum atomic E-state index is 10.1. The molecule has 4 aromatic carbocycles. The Balaban J connectivity index is 2.01. The number of imidazole rings is 1. The van der Waals surface area contributed by atoms with Gasteiger partial charge in [0.05, 0.1) is 24.2 Å². The molecule has 0 saturated carbocycles. The Bertz CT molecular complexity index is 1600. The van der Waals surface area contributed by atoms with E-state index in [4.69, 9.17) is 0 Å². The fourth-order valence-electron chi connectivity index (χ4n) is 5.46. The van der Waals surface area contributed by atoms with Crippen molar-refractivity contribution in [3.63, 3.8) is 0 Å². The second-order valence-electron chi connectivity index (χ2n) is 10.1. The summed E-state index contributed by atoms with van der Waals surface area (Å²) >= 11 is 0. The Labute approximate surface area is 207 Å². The second-order valence-corrected chi connectivity index (χ2v) is 10.1. The first kappa shape index (κ1) is 22.9. The summed E-state index contributed by atoms with van der Waals surface area (Å²) < 4.78 is 4.73. The molecule has 0 aliphatic heterocycles. The molecule has 5 aromatic rings. The molecule has 3 nitrogen and oxygen atoms in total. The van der Waals surface area contributed by atoms with E-state index in [2.05, 4.69) is 118 Å². The lowest BCUT2D eigenvalue weighted by atomic mass is 9.91. The van der Waals surface area contributed by atoms with Gasteiger partial charge in [0.2, 0.25) is 0 Å². The molecule has 3 heteroatoms. The van der Waals surface area contributed by atoms with Crippen LogP contribution in [-0.4, -0.2) is 4.57 Å². The highest BCUT2D eigenvalue weighted by atomic mass is 15.2. The van der Waals surface area contributed by atoms with Crippen LogP contribution < -0.4 is 4.57 Å². The van der Waals surface area contributed by atoms with Crippen LogP contribution in [0.25, 0.3) is 38.9 Å². The van der Waals surface area contributed by atoms with Crippen molar-refractivity contribution < 1.29 is 4.57 Å². The van der Waals surface area contributed by atoms with Gasteiger partial charge in [-0.15, -0.1) is 0 Å². The number of aryl methyl sites for hydroxylation is 2. The number of nitriles is 1. The van der Waals surface area contributed by atoms with Crippen LogP contribution in [0.4, 0.5) is 0 Å². The largest absolute Gasteiger partial charge is 0.295 e. The van der Waals surface area contributed by atoms with Gasteiger partial charge in [0.1, 0.15) is 5.69 Å². The third-order valence-electron chi connectivity index (χ3n) is 7.25. The van der Waals surface area contributed by atoms with Gasteiger partial charge in [0.25, 0.3) is 5.82 Å². The van der Waals surface area contributed by atoms with Crippen molar-refractivity contribution >= 4 is 21.8 Å². The van der Waals surface area contributed by atoms with Gasteiger partial charge in [0.15, 0.2) is 11.0 Å². The average molecular weight is 459 g/mol. The summed E-state index contributed by atoms with van der Waals surface area (Å²) in [6.07, 6.45) is 0. The van der Waals surface area contributed by atoms with Crippen molar-refractivity contribution in [3.05, 3.63) is 95.1 Å². The van der Waals surface area contributed by atoms with Crippen LogP contribution in [0.2, 0.25) is 0 Å². The minimum Gasteiger partial charge on any atom is -0.225 e. The summed E-state index contributed by atoms with van der Waals surface area (Å²) in [5.41, 5.74) is 9.25.